The largest absolute Gasteiger partial charge is 0.455 e. The Bertz CT molecular complexity index is 7950. The Kier molecular flexibility index (Phi) is 21.1. The SMILES string of the molecule is Brc1cc2c(c3ccccc13)-c1c(cc(Br)c3c1oc1ccccc13)C21c2ccccc2-c2ccccc21.CC(C)(C)c1ccc(N(c2ccc(C(C)(C)C)cc2)c2cc3c(c4ccccc24)-c2c(cc(N(c4ccc(C(C)(C)C)cc4)c4ccc(C(C)(C)C)cc4)c4c2oc2ccccc24)C32c3ccccc3-c3ccccc32)cc1.CC(C)(C)c1ccc(Nc2ccc(C(C)(C)C)cc2)cc1. The van der Waals surface area contributed by atoms with Crippen molar-refractivity contribution in [2.24, 2.45) is 0 Å². The third kappa shape index (κ3) is 14.5. The highest BCUT2D eigenvalue weighted by Gasteiger charge is 2.56. The lowest BCUT2D eigenvalue weighted by atomic mass is 9.70. The molecule has 4 aliphatic carbocycles. The van der Waals surface area contributed by atoms with Crippen LogP contribution >= 0.6 is 31.9 Å². The molecule has 0 bridgehead atoms. The van der Waals surface area contributed by atoms with Crippen LogP contribution in [0.25, 0.3) is 110 Å². The van der Waals surface area contributed by atoms with E-state index >= 15 is 0 Å². The van der Waals surface area contributed by atoms with Gasteiger partial charge >= 0.3 is 0 Å². The first-order chi connectivity index (χ1) is 65.6. The molecular weight excluding hydrogens is 1800 g/mol. The van der Waals surface area contributed by atoms with Gasteiger partial charge in [-0.05, 0) is 269 Å². The van der Waals surface area contributed by atoms with Crippen molar-refractivity contribution in [2.75, 3.05) is 15.1 Å². The summed E-state index contributed by atoms with van der Waals surface area (Å²) in [6, 6.07) is 135. The average molecular weight is 1910 g/mol. The Labute approximate surface area is 823 Å². The first-order valence-corrected chi connectivity index (χ1v) is 50.0. The minimum Gasteiger partial charge on any atom is -0.455 e. The highest BCUT2D eigenvalue weighted by atomic mass is 79.9. The predicted molar refractivity (Wildman–Crippen MR) is 588 cm³/mol. The number of hydrogen-bond donors (Lipinski definition) is 1. The maximum atomic E-state index is 7.53. The summed E-state index contributed by atoms with van der Waals surface area (Å²) in [6.45, 7) is 40.9. The number of anilines is 8. The Morgan fingerprint density at radius 2 is 0.482 bits per heavy atom. The molecule has 1 N–H and O–H groups in total. The molecule has 0 unspecified atom stereocenters. The molecule has 4 aliphatic rings. The maximum Gasteiger partial charge on any atom is 0.145 e. The molecule has 0 saturated carbocycles. The van der Waals surface area contributed by atoms with Crippen LogP contribution in [0, 0.1) is 0 Å². The number of hydrogen-bond acceptors (Lipinski definition) is 5. The van der Waals surface area contributed by atoms with Crippen LogP contribution in [0.1, 0.15) is 203 Å². The van der Waals surface area contributed by atoms with E-state index < -0.39 is 10.8 Å². The van der Waals surface area contributed by atoms with Gasteiger partial charge in [0.05, 0.1) is 27.6 Å². The van der Waals surface area contributed by atoms with Crippen LogP contribution < -0.4 is 15.1 Å². The van der Waals surface area contributed by atoms with E-state index in [1.807, 2.05) is 6.07 Å². The Morgan fingerprint density at radius 1 is 0.226 bits per heavy atom. The first-order valence-electron chi connectivity index (χ1n) is 48.4. The van der Waals surface area contributed by atoms with Gasteiger partial charge < -0.3 is 24.0 Å². The van der Waals surface area contributed by atoms with Gasteiger partial charge in [0.15, 0.2) is 0 Å². The number of nitrogens with zero attached hydrogens (tertiary/aromatic N) is 2. The second kappa shape index (κ2) is 32.6. The quantitative estimate of drug-likeness (QED) is 0.164. The third-order valence-electron chi connectivity index (χ3n) is 29.5. The van der Waals surface area contributed by atoms with E-state index in [-0.39, 0.29) is 32.5 Å². The van der Waals surface area contributed by atoms with Crippen molar-refractivity contribution in [3.05, 3.63) is 451 Å². The summed E-state index contributed by atoms with van der Waals surface area (Å²) >= 11 is 7.97. The van der Waals surface area contributed by atoms with Crippen LogP contribution in [-0.4, -0.2) is 0 Å². The highest BCUT2D eigenvalue weighted by Crippen LogP contribution is 2.70. The van der Waals surface area contributed by atoms with Crippen LogP contribution in [-0.2, 0) is 43.3 Å². The van der Waals surface area contributed by atoms with Gasteiger partial charge in [-0.25, -0.2) is 0 Å². The van der Waals surface area contributed by atoms with Crippen molar-refractivity contribution < 1.29 is 8.83 Å². The fraction of sp³-hybridized carbons (Fsp3) is 0.200. The molecule has 20 aromatic rings. The third-order valence-corrected chi connectivity index (χ3v) is 30.8. The molecule has 2 aromatic heterocycles. The average Bonchev–Trinajstić information content (AvgIpc) is 1.32. The fourth-order valence-corrected chi connectivity index (χ4v) is 23.7. The predicted octanol–water partition coefficient (Wildman–Crippen LogP) is 37.8. The van der Waals surface area contributed by atoms with Crippen LogP contribution in [0.5, 0.6) is 0 Å². The lowest BCUT2D eigenvalue weighted by Crippen LogP contribution is -2.26. The molecule has 0 atom stereocenters. The fourth-order valence-electron chi connectivity index (χ4n) is 22.5. The zero-order valence-corrected chi connectivity index (χ0v) is 84.8. The molecule has 0 fully saturated rings. The van der Waals surface area contributed by atoms with Crippen molar-refractivity contribution in [2.45, 2.75) is 168 Å². The Balaban J connectivity index is 0.000000150. The highest BCUT2D eigenvalue weighted by molar-refractivity contribution is 9.11. The Morgan fingerprint density at radius 3 is 0.847 bits per heavy atom. The van der Waals surface area contributed by atoms with Gasteiger partial charge in [0.25, 0.3) is 0 Å². The van der Waals surface area contributed by atoms with Gasteiger partial charge in [0, 0.05) is 75.7 Å². The van der Waals surface area contributed by atoms with Crippen LogP contribution in [0.2, 0.25) is 0 Å². The van der Waals surface area contributed by atoms with Gasteiger partial charge in [-0.2, -0.15) is 0 Å². The molecule has 24 rings (SSSR count). The minimum absolute atomic E-state index is 0.00156. The lowest BCUT2D eigenvalue weighted by molar-refractivity contribution is 0.590. The number of benzene rings is 18. The zero-order chi connectivity index (χ0) is 95.1. The number of fused-ring (bicyclic) bond motifs is 32. The summed E-state index contributed by atoms with van der Waals surface area (Å²) in [5.74, 6) is 0. The van der Waals surface area contributed by atoms with Crippen LogP contribution in [0.3, 0.4) is 0 Å². The summed E-state index contributed by atoms with van der Waals surface area (Å²) in [4.78, 5) is 5.01. The van der Waals surface area contributed by atoms with E-state index in [1.165, 1.54) is 138 Å². The zero-order valence-electron chi connectivity index (χ0n) is 81.6. The molecule has 2 spiro atoms. The molecule has 7 heteroatoms. The van der Waals surface area contributed by atoms with E-state index in [0.717, 1.165) is 104 Å². The molecule has 0 saturated heterocycles. The molecule has 137 heavy (non-hydrogen) atoms. The van der Waals surface area contributed by atoms with Crippen LogP contribution in [0.15, 0.2) is 382 Å². The summed E-state index contributed by atoms with van der Waals surface area (Å²) in [5, 5.41) is 12.7. The summed E-state index contributed by atoms with van der Waals surface area (Å²) in [7, 11) is 0. The number of halogens is 2. The lowest BCUT2D eigenvalue weighted by Gasteiger charge is -2.34. The molecule has 0 amide bonds. The standard InChI is InChI=1S/C75H70N2O.C35H18Br2O.C20H27N/c1-71(2,3)47-29-37-51(38-30-47)76(52-39-31-48(32-40-52)72(4,5)6)64-45-62-67(58-24-14-13-23-57(58)64)69-63(75(62)60-26-18-15-21-55(60)56-22-16-19-27-61(56)75)46-65(68-59-25-17-20-28-66(59)78-70(68)69)77(53-41-33-49(34-42-53)73(7,8)9)54-43-35-50(36-44-54)74(10,11)12;36-28-17-26-31(22-12-2-1-11-21(22)28)33-27(18-29(37)32-23-13-5-8-16-30(23)38-34(32)33)35(26)24-14-6-3-9-19(24)20-10-4-7-15-25(20)35;1-19(2,3)15-7-11-17(12-8-15)21-18-13-9-16(10-14-18)20(4,5)6/h13-46H,1-12H3;1-18H;7-14,21H,1-6H3. The van der Waals surface area contributed by atoms with Gasteiger partial charge in [-0.1, -0.05) is 411 Å². The molecular formula is C130H115Br2N3O2. The second-order valence-electron chi connectivity index (χ2n) is 44.2. The van der Waals surface area contributed by atoms with Gasteiger partial charge in [0.2, 0.25) is 0 Å². The van der Waals surface area contributed by atoms with E-state index in [0.29, 0.717) is 0 Å². The summed E-state index contributed by atoms with van der Waals surface area (Å²) in [6.07, 6.45) is 0. The molecule has 18 aromatic carbocycles. The smallest absolute Gasteiger partial charge is 0.145 e. The van der Waals surface area contributed by atoms with E-state index in [1.54, 1.807) is 0 Å². The second-order valence-corrected chi connectivity index (χ2v) is 45.9. The Hall–Kier alpha value is -13.6. The minimum atomic E-state index is -0.742. The summed E-state index contributed by atoms with van der Waals surface area (Å²) < 4.78 is 16.5. The number of para-hydroxylation sites is 2. The number of nitrogens with one attached hydrogen (secondary N) is 1. The van der Waals surface area contributed by atoms with Crippen molar-refractivity contribution in [1.82, 2.24) is 0 Å². The normalized spacial score (nSPS) is 13.7. The van der Waals surface area contributed by atoms with Gasteiger partial charge in [0.1, 0.15) is 22.3 Å². The molecule has 0 aliphatic heterocycles. The molecule has 5 nitrogen and oxygen atoms in total. The van der Waals surface area contributed by atoms with Crippen LogP contribution in [0.4, 0.5) is 45.5 Å². The van der Waals surface area contributed by atoms with Crippen molar-refractivity contribution >= 4 is 143 Å². The topological polar surface area (TPSA) is 44.8 Å². The summed E-state index contributed by atoms with van der Waals surface area (Å²) in [5.41, 5.74) is 39.8. The van der Waals surface area contributed by atoms with Gasteiger partial charge in [-0.3, -0.25) is 0 Å². The number of furan rings is 2. The van der Waals surface area contributed by atoms with Crippen molar-refractivity contribution in [1.29, 1.82) is 0 Å². The molecule has 2 heterocycles. The van der Waals surface area contributed by atoms with E-state index in [9.17, 15) is 0 Å². The number of rotatable bonds is 8. The van der Waals surface area contributed by atoms with Gasteiger partial charge in [-0.15, -0.1) is 0 Å². The molecule has 676 valence electrons. The monoisotopic (exact) mass is 1910 g/mol. The maximum absolute atomic E-state index is 7.53. The van der Waals surface area contributed by atoms with E-state index in [2.05, 4.69) is 530 Å². The van der Waals surface area contributed by atoms with Crippen molar-refractivity contribution in [3.8, 4) is 44.5 Å². The first kappa shape index (κ1) is 88.7. The van der Waals surface area contributed by atoms with Crippen molar-refractivity contribution in [3.63, 3.8) is 0 Å². The van der Waals surface area contributed by atoms with E-state index in [4.69, 9.17) is 8.83 Å². The molecule has 0 radical (unpaired) electrons.